The van der Waals surface area contributed by atoms with Crippen LogP contribution < -0.4 is 5.73 Å². The fourth-order valence-corrected chi connectivity index (χ4v) is 2.73. The normalized spacial score (nSPS) is 27.7. The van der Waals surface area contributed by atoms with Crippen molar-refractivity contribution in [3.63, 3.8) is 0 Å². The third kappa shape index (κ3) is 5.56. The van der Waals surface area contributed by atoms with E-state index in [9.17, 15) is 5.11 Å². The molecule has 0 bridgehead atoms. The predicted molar refractivity (Wildman–Crippen MR) is 75.5 cm³/mol. The topological polar surface area (TPSA) is 49.5 Å². The molecular weight excluding hydrogens is 236 g/mol. The molecule has 1 fully saturated rings. The quantitative estimate of drug-likeness (QED) is 0.801. The van der Waals surface area contributed by atoms with Crippen molar-refractivity contribution in [1.29, 1.82) is 0 Å². The summed E-state index contributed by atoms with van der Waals surface area (Å²) in [5, 5.41) is 10.2. The number of aliphatic hydroxyl groups is 1. The smallest absolute Gasteiger partial charge is 0.0700 e. The second kappa shape index (κ2) is 5.87. The average molecular weight is 265 g/mol. The van der Waals surface area contributed by atoms with Gasteiger partial charge in [-0.05, 0) is 38.1 Å². The number of hydrogen-bond donors (Lipinski definition) is 2. The van der Waals surface area contributed by atoms with Crippen LogP contribution in [-0.2, 0) is 0 Å². The zero-order valence-electron chi connectivity index (χ0n) is 11.9. The first kappa shape index (κ1) is 17.2. The number of rotatable bonds is 2. The SMILES string of the molecule is CC(C)(N)CN1CCC(C(C)(C)C)C(O)C1.Cl. The van der Waals surface area contributed by atoms with Crippen LogP contribution in [0, 0.1) is 11.3 Å². The molecule has 1 aliphatic heterocycles. The molecule has 0 radical (unpaired) electrons. The zero-order chi connectivity index (χ0) is 12.6. The molecule has 0 spiro atoms. The van der Waals surface area contributed by atoms with Crippen LogP contribution >= 0.6 is 12.4 Å². The number of aliphatic hydroxyl groups excluding tert-OH is 1. The van der Waals surface area contributed by atoms with Gasteiger partial charge in [0.1, 0.15) is 0 Å². The first-order valence-electron chi connectivity index (χ1n) is 6.29. The molecule has 4 heteroatoms. The summed E-state index contributed by atoms with van der Waals surface area (Å²) in [6.07, 6.45) is 0.858. The molecule has 1 aliphatic rings. The van der Waals surface area contributed by atoms with Crippen LogP contribution in [0.15, 0.2) is 0 Å². The minimum absolute atomic E-state index is 0. The fourth-order valence-electron chi connectivity index (χ4n) is 2.73. The molecule has 3 nitrogen and oxygen atoms in total. The molecule has 3 N–H and O–H groups in total. The van der Waals surface area contributed by atoms with Crippen LogP contribution in [0.5, 0.6) is 0 Å². The molecule has 104 valence electrons. The molecule has 0 aliphatic carbocycles. The second-order valence-electron chi connectivity index (χ2n) is 7.05. The highest BCUT2D eigenvalue weighted by Crippen LogP contribution is 2.34. The van der Waals surface area contributed by atoms with Gasteiger partial charge in [0.05, 0.1) is 6.10 Å². The molecule has 2 atom stereocenters. The third-order valence-electron chi connectivity index (χ3n) is 3.41. The van der Waals surface area contributed by atoms with Crippen LogP contribution in [0.25, 0.3) is 0 Å². The van der Waals surface area contributed by atoms with Crippen molar-refractivity contribution in [1.82, 2.24) is 4.90 Å². The van der Waals surface area contributed by atoms with Gasteiger partial charge in [-0.3, -0.25) is 4.90 Å². The largest absolute Gasteiger partial charge is 0.391 e. The van der Waals surface area contributed by atoms with Gasteiger partial charge in [0.2, 0.25) is 0 Å². The summed E-state index contributed by atoms with van der Waals surface area (Å²) >= 11 is 0. The highest BCUT2D eigenvalue weighted by Gasteiger charge is 2.36. The molecule has 0 aromatic carbocycles. The van der Waals surface area contributed by atoms with Gasteiger partial charge >= 0.3 is 0 Å². The van der Waals surface area contributed by atoms with Crippen molar-refractivity contribution in [2.24, 2.45) is 17.1 Å². The van der Waals surface area contributed by atoms with E-state index in [4.69, 9.17) is 5.73 Å². The molecule has 0 amide bonds. The molecule has 1 heterocycles. The van der Waals surface area contributed by atoms with Crippen molar-refractivity contribution in [2.75, 3.05) is 19.6 Å². The number of nitrogens with two attached hydrogens (primary N) is 1. The van der Waals surface area contributed by atoms with E-state index in [2.05, 4.69) is 25.7 Å². The molecule has 1 saturated heterocycles. The minimum Gasteiger partial charge on any atom is -0.391 e. The Bertz CT molecular complexity index is 233. The standard InChI is InChI=1S/C13H28N2O.ClH/c1-12(2,3)10-6-7-15(8-11(10)16)9-13(4,5)14;/h10-11,16H,6-9,14H2,1-5H3;1H. The van der Waals surface area contributed by atoms with Gasteiger partial charge < -0.3 is 10.8 Å². The van der Waals surface area contributed by atoms with Crippen LogP contribution in [0.3, 0.4) is 0 Å². The Hall–Kier alpha value is 0.170. The van der Waals surface area contributed by atoms with E-state index >= 15 is 0 Å². The van der Waals surface area contributed by atoms with E-state index in [1.165, 1.54) is 0 Å². The highest BCUT2D eigenvalue weighted by molar-refractivity contribution is 5.85. The number of likely N-dealkylation sites (tertiary alicyclic amines) is 1. The Kier molecular flexibility index (Phi) is 5.93. The lowest BCUT2D eigenvalue weighted by Gasteiger charge is -2.43. The summed E-state index contributed by atoms with van der Waals surface area (Å²) in [6.45, 7) is 13.4. The molecule has 1 rings (SSSR count). The van der Waals surface area contributed by atoms with E-state index in [1.54, 1.807) is 0 Å². The summed E-state index contributed by atoms with van der Waals surface area (Å²) in [5.74, 6) is 0.407. The van der Waals surface area contributed by atoms with Gasteiger partial charge in [-0.15, -0.1) is 12.4 Å². The van der Waals surface area contributed by atoms with E-state index in [-0.39, 0.29) is 29.5 Å². The Morgan fingerprint density at radius 3 is 2.12 bits per heavy atom. The third-order valence-corrected chi connectivity index (χ3v) is 3.41. The molecule has 17 heavy (non-hydrogen) atoms. The minimum atomic E-state index is -0.212. The number of nitrogens with zero attached hydrogens (tertiary/aromatic N) is 1. The van der Waals surface area contributed by atoms with Gasteiger partial charge in [0.15, 0.2) is 0 Å². The van der Waals surface area contributed by atoms with Crippen LogP contribution in [0.4, 0.5) is 0 Å². The van der Waals surface area contributed by atoms with Gasteiger partial charge in [-0.2, -0.15) is 0 Å². The van der Waals surface area contributed by atoms with Crippen LogP contribution in [0.2, 0.25) is 0 Å². The molecule has 0 aromatic rings. The Labute approximate surface area is 112 Å². The Balaban J connectivity index is 0.00000256. The van der Waals surface area contributed by atoms with Gasteiger partial charge in [-0.25, -0.2) is 0 Å². The van der Waals surface area contributed by atoms with E-state index < -0.39 is 0 Å². The number of piperidine rings is 1. The van der Waals surface area contributed by atoms with E-state index in [1.807, 2.05) is 13.8 Å². The van der Waals surface area contributed by atoms with E-state index in [0.717, 1.165) is 26.1 Å². The number of β-amino-alcohol motifs (C(OH)–C–C–N with tert-alkyl or cyclic N) is 1. The number of hydrogen-bond acceptors (Lipinski definition) is 3. The lowest BCUT2D eigenvalue weighted by atomic mass is 9.73. The Morgan fingerprint density at radius 2 is 1.76 bits per heavy atom. The van der Waals surface area contributed by atoms with Crippen molar-refractivity contribution in [2.45, 2.75) is 52.7 Å². The van der Waals surface area contributed by atoms with Crippen molar-refractivity contribution >= 4 is 12.4 Å². The maximum Gasteiger partial charge on any atom is 0.0700 e. The zero-order valence-corrected chi connectivity index (χ0v) is 12.7. The molecule has 2 unspecified atom stereocenters. The van der Waals surface area contributed by atoms with Crippen LogP contribution in [0.1, 0.15) is 41.0 Å². The lowest BCUT2D eigenvalue weighted by Crippen LogP contribution is -2.53. The Morgan fingerprint density at radius 1 is 1.24 bits per heavy atom. The molecule has 0 aromatic heterocycles. The predicted octanol–water partition coefficient (Wildman–Crippen LogP) is 1.87. The van der Waals surface area contributed by atoms with Gasteiger partial charge in [-0.1, -0.05) is 20.8 Å². The van der Waals surface area contributed by atoms with Crippen molar-refractivity contribution < 1.29 is 5.11 Å². The summed E-state index contributed by atoms with van der Waals surface area (Å²) in [5.41, 5.74) is 6.03. The molecule has 0 saturated carbocycles. The summed E-state index contributed by atoms with van der Waals surface area (Å²) in [7, 11) is 0. The lowest BCUT2D eigenvalue weighted by molar-refractivity contribution is -0.0280. The first-order chi connectivity index (χ1) is 7.09. The van der Waals surface area contributed by atoms with Crippen molar-refractivity contribution in [3.8, 4) is 0 Å². The fraction of sp³-hybridized carbons (Fsp3) is 1.00. The average Bonchev–Trinajstić information content (AvgIpc) is 1.97. The highest BCUT2D eigenvalue weighted by atomic mass is 35.5. The van der Waals surface area contributed by atoms with Crippen LogP contribution in [-0.4, -0.2) is 41.3 Å². The monoisotopic (exact) mass is 264 g/mol. The number of halogens is 1. The maximum atomic E-state index is 10.2. The summed E-state index contributed by atoms with van der Waals surface area (Å²) < 4.78 is 0. The summed E-state index contributed by atoms with van der Waals surface area (Å²) in [6, 6.07) is 0. The van der Waals surface area contributed by atoms with Crippen molar-refractivity contribution in [3.05, 3.63) is 0 Å². The second-order valence-corrected chi connectivity index (χ2v) is 7.05. The first-order valence-corrected chi connectivity index (χ1v) is 6.29. The van der Waals surface area contributed by atoms with Gasteiger partial charge in [0.25, 0.3) is 0 Å². The van der Waals surface area contributed by atoms with E-state index in [0.29, 0.717) is 5.92 Å². The summed E-state index contributed by atoms with van der Waals surface area (Å²) in [4.78, 5) is 2.28. The molecular formula is C13H29ClN2O. The van der Waals surface area contributed by atoms with Gasteiger partial charge in [0, 0.05) is 18.6 Å². The maximum absolute atomic E-state index is 10.2.